The van der Waals surface area contributed by atoms with Crippen LogP contribution in [0.25, 0.3) is 10.2 Å². The molecule has 9 heteroatoms. The zero-order valence-corrected chi connectivity index (χ0v) is 12.5. The third kappa shape index (κ3) is 2.63. The first-order chi connectivity index (χ1) is 10.4. The van der Waals surface area contributed by atoms with E-state index in [0.29, 0.717) is 5.82 Å². The Hall–Kier alpha value is -2.16. The van der Waals surface area contributed by atoms with Gasteiger partial charge in [0, 0.05) is 10.9 Å². The lowest BCUT2D eigenvalue weighted by Crippen LogP contribution is -2.04. The normalized spacial score (nSPS) is 12.0. The van der Waals surface area contributed by atoms with E-state index >= 15 is 0 Å². The Kier molecular flexibility index (Phi) is 3.51. The third-order valence-electron chi connectivity index (χ3n) is 3.24. The van der Waals surface area contributed by atoms with E-state index < -0.39 is 11.9 Å². The fraction of sp³-hybridized carbons (Fsp3) is 0.308. The standard InChI is InChI=1S/C13H11F3N4OS/c1-6-7(2)22-12-10(6)11(18-5-19-12)17-4-8-3-9(21-20-8)13(14,15)16/h3,5H,4H2,1-2H3,(H,17,18,19). The molecule has 0 unspecified atom stereocenters. The van der Waals surface area contributed by atoms with E-state index in [1.165, 1.54) is 6.33 Å². The summed E-state index contributed by atoms with van der Waals surface area (Å²) in [6.07, 6.45) is -3.11. The van der Waals surface area contributed by atoms with Gasteiger partial charge in [0.05, 0.1) is 11.9 Å². The predicted molar refractivity (Wildman–Crippen MR) is 75.7 cm³/mol. The van der Waals surface area contributed by atoms with Crippen molar-refractivity contribution in [2.45, 2.75) is 26.6 Å². The smallest absolute Gasteiger partial charge is 0.364 e. The number of hydrogen-bond acceptors (Lipinski definition) is 6. The molecular formula is C13H11F3N4OS. The molecule has 3 heterocycles. The van der Waals surface area contributed by atoms with E-state index in [4.69, 9.17) is 0 Å². The minimum absolute atomic E-state index is 0.0834. The number of nitrogens with zero attached hydrogens (tertiary/aromatic N) is 3. The number of thiophene rings is 1. The van der Waals surface area contributed by atoms with Crippen LogP contribution in [0, 0.1) is 13.8 Å². The van der Waals surface area contributed by atoms with Crippen molar-refractivity contribution < 1.29 is 17.7 Å². The quantitative estimate of drug-likeness (QED) is 0.789. The van der Waals surface area contributed by atoms with Crippen molar-refractivity contribution in [1.82, 2.24) is 15.1 Å². The molecule has 0 spiro atoms. The lowest BCUT2D eigenvalue weighted by atomic mass is 10.2. The summed E-state index contributed by atoms with van der Waals surface area (Å²) in [6, 6.07) is 0.872. The number of fused-ring (bicyclic) bond motifs is 1. The van der Waals surface area contributed by atoms with Crippen LogP contribution < -0.4 is 5.32 Å². The van der Waals surface area contributed by atoms with Crippen LogP contribution in [0.1, 0.15) is 21.9 Å². The molecule has 1 N–H and O–H groups in total. The predicted octanol–water partition coefficient (Wildman–Crippen LogP) is 3.93. The molecule has 22 heavy (non-hydrogen) atoms. The zero-order valence-electron chi connectivity index (χ0n) is 11.7. The number of anilines is 1. The molecule has 3 aromatic rings. The van der Waals surface area contributed by atoms with Gasteiger partial charge >= 0.3 is 6.18 Å². The maximum absolute atomic E-state index is 12.5. The Morgan fingerprint density at radius 3 is 2.73 bits per heavy atom. The van der Waals surface area contributed by atoms with Crippen LogP contribution in [0.15, 0.2) is 16.9 Å². The summed E-state index contributed by atoms with van der Waals surface area (Å²) < 4.78 is 41.7. The molecule has 116 valence electrons. The third-order valence-corrected chi connectivity index (χ3v) is 4.36. The first kappa shape index (κ1) is 14.8. The van der Waals surface area contributed by atoms with Gasteiger partial charge in [-0.1, -0.05) is 5.16 Å². The summed E-state index contributed by atoms with van der Waals surface area (Å²) >= 11 is 1.55. The summed E-state index contributed by atoms with van der Waals surface area (Å²) in [6.45, 7) is 4.03. The zero-order chi connectivity index (χ0) is 15.9. The van der Waals surface area contributed by atoms with Crippen molar-refractivity contribution in [1.29, 1.82) is 0 Å². The highest BCUT2D eigenvalue weighted by Crippen LogP contribution is 2.33. The molecule has 0 saturated heterocycles. The van der Waals surface area contributed by atoms with Crippen LogP contribution in [0.2, 0.25) is 0 Å². The van der Waals surface area contributed by atoms with Gasteiger partial charge < -0.3 is 9.84 Å². The van der Waals surface area contributed by atoms with Crippen LogP contribution in [-0.2, 0) is 12.7 Å². The molecular weight excluding hydrogens is 317 g/mol. The summed E-state index contributed by atoms with van der Waals surface area (Å²) in [5.74, 6) is -0.539. The van der Waals surface area contributed by atoms with Gasteiger partial charge in [-0.3, -0.25) is 0 Å². The molecule has 3 rings (SSSR count). The summed E-state index contributed by atoms with van der Waals surface area (Å²) in [5, 5.41) is 7.27. The van der Waals surface area contributed by atoms with Crippen LogP contribution in [0.3, 0.4) is 0 Å². The summed E-state index contributed by atoms with van der Waals surface area (Å²) in [5.41, 5.74) is 1.21. The van der Waals surface area contributed by atoms with Gasteiger partial charge in [0.25, 0.3) is 0 Å². The second kappa shape index (κ2) is 5.24. The van der Waals surface area contributed by atoms with Gasteiger partial charge in [0.2, 0.25) is 5.76 Å². The van der Waals surface area contributed by atoms with Crippen molar-refractivity contribution in [3.05, 3.63) is 34.3 Å². The molecule has 0 radical (unpaired) electrons. The summed E-state index contributed by atoms with van der Waals surface area (Å²) in [4.78, 5) is 10.3. The van der Waals surface area contributed by atoms with Gasteiger partial charge in [-0.2, -0.15) is 13.2 Å². The van der Waals surface area contributed by atoms with Crippen LogP contribution >= 0.6 is 11.3 Å². The van der Waals surface area contributed by atoms with Gasteiger partial charge in [-0.05, 0) is 19.4 Å². The van der Waals surface area contributed by atoms with Crippen LogP contribution in [-0.4, -0.2) is 15.1 Å². The van der Waals surface area contributed by atoms with E-state index in [1.807, 2.05) is 13.8 Å². The number of aromatic nitrogens is 3. The van der Waals surface area contributed by atoms with E-state index in [-0.39, 0.29) is 12.2 Å². The molecule has 0 saturated carbocycles. The number of alkyl halides is 3. The topological polar surface area (TPSA) is 63.8 Å². The fourth-order valence-corrected chi connectivity index (χ4v) is 3.02. The van der Waals surface area contributed by atoms with Crippen LogP contribution in [0.4, 0.5) is 19.0 Å². The van der Waals surface area contributed by atoms with Crippen molar-refractivity contribution in [2.75, 3.05) is 5.32 Å². The van der Waals surface area contributed by atoms with Gasteiger partial charge in [0.1, 0.15) is 22.7 Å². The Morgan fingerprint density at radius 1 is 1.27 bits per heavy atom. The molecule has 0 atom stereocenters. The van der Waals surface area contributed by atoms with Gasteiger partial charge in [-0.15, -0.1) is 11.3 Å². The van der Waals surface area contributed by atoms with E-state index in [9.17, 15) is 13.2 Å². The largest absolute Gasteiger partial charge is 0.452 e. The average molecular weight is 328 g/mol. The second-order valence-electron chi connectivity index (χ2n) is 4.72. The highest BCUT2D eigenvalue weighted by molar-refractivity contribution is 7.18. The van der Waals surface area contributed by atoms with E-state index in [0.717, 1.165) is 26.7 Å². The molecule has 0 amide bonds. The first-order valence-electron chi connectivity index (χ1n) is 6.33. The highest BCUT2D eigenvalue weighted by Gasteiger charge is 2.36. The number of rotatable bonds is 3. The molecule has 3 aromatic heterocycles. The maximum Gasteiger partial charge on any atom is 0.452 e. The van der Waals surface area contributed by atoms with Gasteiger partial charge in [0.15, 0.2) is 0 Å². The molecule has 0 fully saturated rings. The number of halogens is 3. The Balaban J connectivity index is 1.84. The Labute approximate surface area is 127 Å². The molecule has 0 aliphatic heterocycles. The Bertz CT molecular complexity index is 824. The average Bonchev–Trinajstić information content (AvgIpc) is 3.03. The molecule has 0 aromatic carbocycles. The molecule has 0 bridgehead atoms. The van der Waals surface area contributed by atoms with Crippen molar-refractivity contribution in [3.63, 3.8) is 0 Å². The van der Waals surface area contributed by atoms with E-state index in [1.54, 1.807) is 11.3 Å². The van der Waals surface area contributed by atoms with E-state index in [2.05, 4.69) is 25.0 Å². The highest BCUT2D eigenvalue weighted by atomic mass is 32.1. The number of nitrogens with one attached hydrogen (secondary N) is 1. The van der Waals surface area contributed by atoms with Crippen molar-refractivity contribution in [3.8, 4) is 0 Å². The number of hydrogen-bond donors (Lipinski definition) is 1. The number of aryl methyl sites for hydroxylation is 2. The second-order valence-corrected chi connectivity index (χ2v) is 5.92. The monoisotopic (exact) mass is 328 g/mol. The minimum atomic E-state index is -4.53. The molecule has 0 aliphatic rings. The lowest BCUT2D eigenvalue weighted by Gasteiger charge is -2.05. The van der Waals surface area contributed by atoms with Crippen molar-refractivity contribution >= 4 is 27.4 Å². The minimum Gasteiger partial charge on any atom is -0.364 e. The molecule has 5 nitrogen and oxygen atoms in total. The van der Waals surface area contributed by atoms with Crippen molar-refractivity contribution in [2.24, 2.45) is 0 Å². The van der Waals surface area contributed by atoms with Gasteiger partial charge in [-0.25, -0.2) is 9.97 Å². The van der Waals surface area contributed by atoms with Crippen LogP contribution in [0.5, 0.6) is 0 Å². The SMILES string of the molecule is Cc1sc2ncnc(NCc3cc(C(F)(F)F)on3)c2c1C. The lowest BCUT2D eigenvalue weighted by molar-refractivity contribution is -0.155. The first-order valence-corrected chi connectivity index (χ1v) is 7.15. The maximum atomic E-state index is 12.5. The molecule has 0 aliphatic carbocycles. The Morgan fingerprint density at radius 2 is 2.05 bits per heavy atom. The fourth-order valence-electron chi connectivity index (χ4n) is 2.02. The summed E-state index contributed by atoms with van der Waals surface area (Å²) in [7, 11) is 0.